The van der Waals surface area contributed by atoms with Gasteiger partial charge < -0.3 is 5.73 Å². The second-order valence-electron chi connectivity index (χ2n) is 4.43. The first kappa shape index (κ1) is 16.2. The Morgan fingerprint density at radius 3 is 2.40 bits per heavy atom. The van der Waals surface area contributed by atoms with Gasteiger partial charge >= 0.3 is 0 Å². The summed E-state index contributed by atoms with van der Waals surface area (Å²) in [5.41, 5.74) is 7.11. The number of thioether (sulfide) groups is 1. The van der Waals surface area contributed by atoms with Crippen molar-refractivity contribution in [1.82, 2.24) is 0 Å². The maximum atomic E-state index is 6.18. The molecule has 0 saturated heterocycles. The Balaban J connectivity index is 1.94. The van der Waals surface area contributed by atoms with E-state index in [0.717, 1.165) is 15.8 Å². The minimum absolute atomic E-state index is 0.0105. The van der Waals surface area contributed by atoms with E-state index in [9.17, 15) is 0 Å². The molecule has 0 fully saturated rings. The highest BCUT2D eigenvalue weighted by Gasteiger charge is 2.11. The van der Waals surface area contributed by atoms with Gasteiger partial charge in [0.25, 0.3) is 0 Å². The van der Waals surface area contributed by atoms with Gasteiger partial charge in [-0.2, -0.15) is 0 Å². The third-order valence-electron chi connectivity index (χ3n) is 2.79. The summed E-state index contributed by atoms with van der Waals surface area (Å²) in [5, 5.41) is 1.36. The molecular formula is C15H14BrCl2NS. The molecule has 106 valence electrons. The Bertz CT molecular complexity index is 572. The lowest BCUT2D eigenvalue weighted by Gasteiger charge is -2.13. The molecule has 5 heteroatoms. The van der Waals surface area contributed by atoms with Crippen LogP contribution in [0.15, 0.2) is 51.8 Å². The summed E-state index contributed by atoms with van der Waals surface area (Å²) in [6.45, 7) is 0. The van der Waals surface area contributed by atoms with E-state index in [-0.39, 0.29) is 6.04 Å². The van der Waals surface area contributed by atoms with E-state index in [4.69, 9.17) is 28.9 Å². The zero-order chi connectivity index (χ0) is 14.5. The molecule has 20 heavy (non-hydrogen) atoms. The van der Waals surface area contributed by atoms with Crippen molar-refractivity contribution in [2.45, 2.75) is 17.4 Å². The van der Waals surface area contributed by atoms with E-state index < -0.39 is 0 Å². The molecule has 0 aliphatic rings. The highest BCUT2D eigenvalue weighted by molar-refractivity contribution is 9.10. The van der Waals surface area contributed by atoms with Crippen molar-refractivity contribution >= 4 is 50.9 Å². The molecule has 1 unspecified atom stereocenters. The van der Waals surface area contributed by atoms with Gasteiger partial charge in [0.15, 0.2) is 0 Å². The molecule has 0 radical (unpaired) electrons. The molecule has 1 nitrogen and oxygen atoms in total. The zero-order valence-electron chi connectivity index (χ0n) is 10.7. The first-order valence-corrected chi connectivity index (χ1v) is 8.66. The van der Waals surface area contributed by atoms with Crippen LogP contribution in [0.4, 0.5) is 0 Å². The van der Waals surface area contributed by atoms with Crippen LogP contribution in [0.5, 0.6) is 0 Å². The van der Waals surface area contributed by atoms with Gasteiger partial charge in [-0.25, -0.2) is 0 Å². The third-order valence-corrected chi connectivity index (χ3v) is 5.17. The first-order valence-electron chi connectivity index (χ1n) is 6.13. The van der Waals surface area contributed by atoms with Gasteiger partial charge in [0, 0.05) is 31.2 Å². The third kappa shape index (κ3) is 4.68. The predicted molar refractivity (Wildman–Crippen MR) is 93.0 cm³/mol. The number of hydrogen-bond donors (Lipinski definition) is 1. The van der Waals surface area contributed by atoms with E-state index in [1.165, 1.54) is 4.90 Å². The van der Waals surface area contributed by atoms with Crippen LogP contribution in [0, 0.1) is 0 Å². The molecule has 0 aliphatic heterocycles. The Hall–Kier alpha value is -0.190. The van der Waals surface area contributed by atoms with Crippen molar-refractivity contribution < 1.29 is 0 Å². The number of hydrogen-bond acceptors (Lipinski definition) is 2. The van der Waals surface area contributed by atoms with Crippen LogP contribution in [0.3, 0.4) is 0 Å². The first-order chi connectivity index (χ1) is 9.56. The van der Waals surface area contributed by atoms with Gasteiger partial charge in [-0.05, 0) is 42.3 Å². The molecule has 0 aliphatic carbocycles. The van der Waals surface area contributed by atoms with Crippen LogP contribution in [0.2, 0.25) is 10.0 Å². The second kappa shape index (κ2) is 7.71. The normalized spacial score (nSPS) is 12.4. The number of rotatable bonds is 5. The van der Waals surface area contributed by atoms with Crippen molar-refractivity contribution in [3.63, 3.8) is 0 Å². The van der Waals surface area contributed by atoms with Crippen LogP contribution >= 0.6 is 50.9 Å². The highest BCUT2D eigenvalue weighted by atomic mass is 79.9. The summed E-state index contributed by atoms with van der Waals surface area (Å²) < 4.78 is 1.07. The molecule has 2 rings (SSSR count). The molecule has 0 spiro atoms. The zero-order valence-corrected chi connectivity index (χ0v) is 14.6. The largest absolute Gasteiger partial charge is 0.327 e. The maximum Gasteiger partial charge on any atom is 0.0453 e. The molecule has 0 amide bonds. The number of halogens is 3. The fourth-order valence-corrected chi connectivity index (χ4v) is 3.82. The Morgan fingerprint density at radius 1 is 1.10 bits per heavy atom. The summed E-state index contributed by atoms with van der Waals surface area (Å²) in [4.78, 5) is 1.19. The van der Waals surface area contributed by atoms with E-state index in [1.54, 1.807) is 11.8 Å². The SMILES string of the molecule is NC(CSc1cccc(Br)c1)Cc1c(Cl)cccc1Cl. The molecule has 0 saturated carbocycles. The quantitative estimate of drug-likeness (QED) is 0.690. The minimum atomic E-state index is 0.0105. The van der Waals surface area contributed by atoms with Crippen LogP contribution in [0.1, 0.15) is 5.56 Å². The highest BCUT2D eigenvalue weighted by Crippen LogP contribution is 2.27. The molecule has 0 heterocycles. The van der Waals surface area contributed by atoms with Crippen LogP contribution < -0.4 is 5.73 Å². The molecule has 2 aromatic rings. The molecule has 1 atom stereocenters. The van der Waals surface area contributed by atoms with Crippen molar-refractivity contribution in [1.29, 1.82) is 0 Å². The van der Waals surface area contributed by atoms with Gasteiger partial charge in [-0.3, -0.25) is 0 Å². The summed E-state index contributed by atoms with van der Waals surface area (Å²) in [7, 11) is 0. The van der Waals surface area contributed by atoms with Gasteiger partial charge in [0.1, 0.15) is 0 Å². The van der Waals surface area contributed by atoms with E-state index >= 15 is 0 Å². The molecule has 0 bridgehead atoms. The van der Waals surface area contributed by atoms with E-state index in [0.29, 0.717) is 16.5 Å². The number of benzene rings is 2. The van der Waals surface area contributed by atoms with Gasteiger partial charge in [-0.15, -0.1) is 11.8 Å². The van der Waals surface area contributed by atoms with E-state index in [2.05, 4.69) is 28.1 Å². The molecule has 2 aromatic carbocycles. The molecule has 2 N–H and O–H groups in total. The minimum Gasteiger partial charge on any atom is -0.327 e. The molecule has 0 aromatic heterocycles. The Kier molecular flexibility index (Phi) is 6.24. The average Bonchev–Trinajstić information content (AvgIpc) is 2.41. The summed E-state index contributed by atoms with van der Waals surface area (Å²) in [6, 6.07) is 13.7. The van der Waals surface area contributed by atoms with Crippen molar-refractivity contribution in [2.24, 2.45) is 5.73 Å². The summed E-state index contributed by atoms with van der Waals surface area (Å²) >= 11 is 17.5. The van der Waals surface area contributed by atoms with Crippen LogP contribution in [-0.2, 0) is 6.42 Å². The lowest BCUT2D eigenvalue weighted by molar-refractivity contribution is 0.749. The van der Waals surface area contributed by atoms with Crippen molar-refractivity contribution in [3.8, 4) is 0 Å². The van der Waals surface area contributed by atoms with Crippen molar-refractivity contribution in [3.05, 3.63) is 62.5 Å². The molecular weight excluding hydrogens is 377 g/mol. The monoisotopic (exact) mass is 389 g/mol. The Labute approximate surface area is 142 Å². The van der Waals surface area contributed by atoms with Gasteiger partial charge in [-0.1, -0.05) is 51.3 Å². The Morgan fingerprint density at radius 2 is 1.75 bits per heavy atom. The predicted octanol–water partition coefficient (Wildman–Crippen LogP) is 5.42. The maximum absolute atomic E-state index is 6.18. The average molecular weight is 391 g/mol. The topological polar surface area (TPSA) is 26.0 Å². The van der Waals surface area contributed by atoms with Gasteiger partial charge in [0.05, 0.1) is 0 Å². The fraction of sp³-hybridized carbons (Fsp3) is 0.200. The van der Waals surface area contributed by atoms with Crippen LogP contribution in [-0.4, -0.2) is 11.8 Å². The van der Waals surface area contributed by atoms with Crippen molar-refractivity contribution in [2.75, 3.05) is 5.75 Å². The second-order valence-corrected chi connectivity index (χ2v) is 7.26. The summed E-state index contributed by atoms with van der Waals surface area (Å²) in [5.74, 6) is 0.817. The summed E-state index contributed by atoms with van der Waals surface area (Å²) in [6.07, 6.45) is 0.680. The van der Waals surface area contributed by atoms with E-state index in [1.807, 2.05) is 30.3 Å². The number of nitrogens with two attached hydrogens (primary N) is 1. The standard InChI is InChI=1S/C15H14BrCl2NS/c16-10-3-1-4-12(7-10)20-9-11(19)8-13-14(17)5-2-6-15(13)18/h1-7,11H,8-9,19H2. The fourth-order valence-electron chi connectivity index (χ4n) is 1.81. The lowest BCUT2D eigenvalue weighted by atomic mass is 10.1. The lowest BCUT2D eigenvalue weighted by Crippen LogP contribution is -2.25. The smallest absolute Gasteiger partial charge is 0.0453 e. The van der Waals surface area contributed by atoms with Gasteiger partial charge in [0.2, 0.25) is 0 Å². The van der Waals surface area contributed by atoms with Crippen LogP contribution in [0.25, 0.3) is 0 Å².